The predicted octanol–water partition coefficient (Wildman–Crippen LogP) is 1.89. The number of benzene rings is 1. The third-order valence-electron chi connectivity index (χ3n) is 2.51. The van der Waals surface area contributed by atoms with Gasteiger partial charge in [-0.05, 0) is 11.6 Å². The molecule has 3 nitrogen and oxygen atoms in total. The van der Waals surface area contributed by atoms with Gasteiger partial charge in [-0.15, -0.1) is 0 Å². The molecular formula is C11H12F3NO2. The second-order valence-corrected chi connectivity index (χ2v) is 3.79. The van der Waals surface area contributed by atoms with Crippen LogP contribution in [-0.2, 0) is 6.42 Å². The van der Waals surface area contributed by atoms with Crippen molar-refractivity contribution in [2.75, 3.05) is 13.2 Å². The van der Waals surface area contributed by atoms with Gasteiger partial charge in [-0.25, -0.2) is 0 Å². The number of hydrogen-bond donors (Lipinski definition) is 1. The Morgan fingerprint density at radius 1 is 1.24 bits per heavy atom. The van der Waals surface area contributed by atoms with E-state index < -0.39 is 12.2 Å². The van der Waals surface area contributed by atoms with Crippen molar-refractivity contribution in [3.05, 3.63) is 23.8 Å². The highest BCUT2D eigenvalue weighted by molar-refractivity contribution is 5.47. The average molecular weight is 247 g/mol. The van der Waals surface area contributed by atoms with E-state index in [1.165, 1.54) is 0 Å². The van der Waals surface area contributed by atoms with Crippen molar-refractivity contribution in [2.45, 2.75) is 18.6 Å². The quantitative estimate of drug-likeness (QED) is 0.868. The van der Waals surface area contributed by atoms with Crippen LogP contribution in [0.4, 0.5) is 13.2 Å². The molecule has 94 valence electrons. The highest BCUT2D eigenvalue weighted by atomic mass is 19.4. The van der Waals surface area contributed by atoms with Crippen LogP contribution in [0.3, 0.4) is 0 Å². The SMILES string of the molecule is NC(Cc1cccc2c1OCCO2)C(F)(F)F. The number of nitrogens with two attached hydrogens (primary N) is 1. The minimum atomic E-state index is -4.40. The maximum absolute atomic E-state index is 12.4. The molecule has 0 aromatic heterocycles. The zero-order valence-electron chi connectivity index (χ0n) is 8.96. The molecule has 0 fully saturated rings. The molecule has 2 N–H and O–H groups in total. The average Bonchev–Trinajstić information content (AvgIpc) is 2.28. The van der Waals surface area contributed by atoms with Crippen molar-refractivity contribution >= 4 is 0 Å². The lowest BCUT2D eigenvalue weighted by Crippen LogP contribution is -2.39. The van der Waals surface area contributed by atoms with E-state index in [0.717, 1.165) is 0 Å². The third-order valence-corrected chi connectivity index (χ3v) is 2.51. The molecule has 1 heterocycles. The molecule has 0 radical (unpaired) electrons. The van der Waals surface area contributed by atoms with Crippen LogP contribution in [0.2, 0.25) is 0 Å². The van der Waals surface area contributed by atoms with Gasteiger partial charge in [0.2, 0.25) is 0 Å². The molecule has 6 heteroatoms. The number of ether oxygens (including phenoxy) is 2. The predicted molar refractivity (Wildman–Crippen MR) is 55.2 cm³/mol. The number of halogens is 3. The normalized spacial score (nSPS) is 16.7. The fourth-order valence-corrected chi connectivity index (χ4v) is 1.65. The van der Waals surface area contributed by atoms with E-state index in [-0.39, 0.29) is 6.42 Å². The Kier molecular flexibility index (Phi) is 3.15. The molecule has 0 amide bonds. The number of para-hydroxylation sites is 1. The molecule has 0 saturated heterocycles. The summed E-state index contributed by atoms with van der Waals surface area (Å²) in [4.78, 5) is 0. The van der Waals surface area contributed by atoms with Crippen molar-refractivity contribution in [2.24, 2.45) is 5.73 Å². The second-order valence-electron chi connectivity index (χ2n) is 3.79. The van der Waals surface area contributed by atoms with E-state index >= 15 is 0 Å². The highest BCUT2D eigenvalue weighted by Crippen LogP contribution is 2.35. The summed E-state index contributed by atoms with van der Waals surface area (Å²) in [5, 5.41) is 0. The van der Waals surface area contributed by atoms with E-state index in [1.54, 1.807) is 18.2 Å². The molecule has 1 atom stereocenters. The van der Waals surface area contributed by atoms with E-state index in [4.69, 9.17) is 15.2 Å². The second kappa shape index (κ2) is 4.44. The van der Waals surface area contributed by atoms with E-state index in [2.05, 4.69) is 0 Å². The summed E-state index contributed by atoms with van der Waals surface area (Å²) in [5.41, 5.74) is 5.52. The molecule has 2 rings (SSSR count). The van der Waals surface area contributed by atoms with Crippen LogP contribution in [0, 0.1) is 0 Å². The van der Waals surface area contributed by atoms with E-state index in [0.29, 0.717) is 30.3 Å². The molecule has 1 aliphatic rings. The summed E-state index contributed by atoms with van der Waals surface area (Å²) in [5.74, 6) is 0.849. The van der Waals surface area contributed by atoms with Gasteiger partial charge in [0.1, 0.15) is 19.3 Å². The van der Waals surface area contributed by atoms with Crippen LogP contribution >= 0.6 is 0 Å². The molecule has 17 heavy (non-hydrogen) atoms. The zero-order chi connectivity index (χ0) is 12.5. The molecule has 0 bridgehead atoms. The maximum Gasteiger partial charge on any atom is 0.403 e. The Bertz CT molecular complexity index is 406. The topological polar surface area (TPSA) is 44.5 Å². The third kappa shape index (κ3) is 2.63. The Morgan fingerprint density at radius 3 is 2.65 bits per heavy atom. The molecule has 1 unspecified atom stereocenters. The van der Waals surface area contributed by atoms with Crippen molar-refractivity contribution in [1.29, 1.82) is 0 Å². The lowest BCUT2D eigenvalue weighted by molar-refractivity contribution is -0.147. The van der Waals surface area contributed by atoms with Gasteiger partial charge in [-0.1, -0.05) is 12.1 Å². The maximum atomic E-state index is 12.4. The fourth-order valence-electron chi connectivity index (χ4n) is 1.65. The number of hydrogen-bond acceptors (Lipinski definition) is 3. The lowest BCUT2D eigenvalue weighted by Gasteiger charge is -2.22. The first-order chi connectivity index (χ1) is 7.98. The van der Waals surface area contributed by atoms with Gasteiger partial charge in [-0.3, -0.25) is 0 Å². The van der Waals surface area contributed by atoms with Gasteiger partial charge >= 0.3 is 6.18 Å². The van der Waals surface area contributed by atoms with Crippen LogP contribution in [0.15, 0.2) is 18.2 Å². The van der Waals surface area contributed by atoms with Crippen molar-refractivity contribution < 1.29 is 22.6 Å². The van der Waals surface area contributed by atoms with Crippen LogP contribution in [0.25, 0.3) is 0 Å². The van der Waals surface area contributed by atoms with Gasteiger partial charge in [0.05, 0.1) is 0 Å². The Labute approximate surface area is 96.3 Å². The molecular weight excluding hydrogens is 235 g/mol. The van der Waals surface area contributed by atoms with Crippen molar-refractivity contribution in [3.63, 3.8) is 0 Å². The number of fused-ring (bicyclic) bond motifs is 1. The largest absolute Gasteiger partial charge is 0.486 e. The van der Waals surface area contributed by atoms with Crippen LogP contribution in [0.5, 0.6) is 11.5 Å². The van der Waals surface area contributed by atoms with Gasteiger partial charge in [0.15, 0.2) is 11.5 Å². The Morgan fingerprint density at radius 2 is 1.94 bits per heavy atom. The smallest absolute Gasteiger partial charge is 0.403 e. The summed E-state index contributed by atoms with van der Waals surface area (Å²) in [6.07, 6.45) is -4.71. The summed E-state index contributed by atoms with van der Waals surface area (Å²) < 4.78 is 47.7. The van der Waals surface area contributed by atoms with Crippen LogP contribution in [0.1, 0.15) is 5.56 Å². The zero-order valence-corrected chi connectivity index (χ0v) is 8.96. The van der Waals surface area contributed by atoms with E-state index in [1.807, 2.05) is 0 Å². The number of alkyl halides is 3. The monoisotopic (exact) mass is 247 g/mol. The number of rotatable bonds is 2. The summed E-state index contributed by atoms with van der Waals surface area (Å²) in [6.45, 7) is 0.743. The van der Waals surface area contributed by atoms with Gasteiger partial charge in [-0.2, -0.15) is 13.2 Å². The summed E-state index contributed by atoms with van der Waals surface area (Å²) >= 11 is 0. The molecule has 1 aliphatic heterocycles. The fraction of sp³-hybridized carbons (Fsp3) is 0.455. The molecule has 1 aromatic carbocycles. The van der Waals surface area contributed by atoms with Crippen molar-refractivity contribution in [3.8, 4) is 11.5 Å². The molecule has 0 saturated carbocycles. The van der Waals surface area contributed by atoms with E-state index in [9.17, 15) is 13.2 Å². The minimum Gasteiger partial charge on any atom is -0.486 e. The summed E-state index contributed by atoms with van der Waals surface area (Å²) in [6, 6.07) is 2.97. The van der Waals surface area contributed by atoms with Crippen LogP contribution in [-0.4, -0.2) is 25.4 Å². The highest BCUT2D eigenvalue weighted by Gasteiger charge is 2.37. The van der Waals surface area contributed by atoms with Gasteiger partial charge in [0, 0.05) is 6.42 Å². The van der Waals surface area contributed by atoms with Gasteiger partial charge < -0.3 is 15.2 Å². The summed E-state index contributed by atoms with van der Waals surface area (Å²) in [7, 11) is 0. The Balaban J connectivity index is 2.22. The first-order valence-electron chi connectivity index (χ1n) is 5.18. The minimum absolute atomic E-state index is 0.309. The lowest BCUT2D eigenvalue weighted by atomic mass is 10.0. The van der Waals surface area contributed by atoms with Gasteiger partial charge in [0.25, 0.3) is 0 Å². The Hall–Kier alpha value is -1.43. The standard InChI is InChI=1S/C11H12F3NO2/c12-11(13,14)9(15)6-7-2-1-3-8-10(7)17-5-4-16-8/h1-3,9H,4-6,15H2. The van der Waals surface area contributed by atoms with Crippen LogP contribution < -0.4 is 15.2 Å². The molecule has 0 aliphatic carbocycles. The molecule has 1 aromatic rings. The molecule has 0 spiro atoms. The van der Waals surface area contributed by atoms with Crippen molar-refractivity contribution in [1.82, 2.24) is 0 Å². The first-order valence-corrected chi connectivity index (χ1v) is 5.18. The first kappa shape index (κ1) is 12.0.